The molecular weight excluding hydrogens is 254 g/mol. The Morgan fingerprint density at radius 1 is 1.44 bits per heavy atom. The van der Waals surface area contributed by atoms with Gasteiger partial charge in [0.1, 0.15) is 11.4 Å². The Hall–Kier alpha value is -1.47. The lowest BCUT2D eigenvalue weighted by molar-refractivity contribution is -0.383. The van der Waals surface area contributed by atoms with Gasteiger partial charge in [-0.2, -0.15) is 11.8 Å². The molecule has 18 heavy (non-hydrogen) atoms. The van der Waals surface area contributed by atoms with E-state index in [0.717, 1.165) is 17.9 Å². The van der Waals surface area contributed by atoms with E-state index in [1.165, 1.54) is 6.07 Å². The minimum atomic E-state index is -0.476. The fourth-order valence-electron chi connectivity index (χ4n) is 1.43. The Labute approximate surface area is 110 Å². The summed E-state index contributed by atoms with van der Waals surface area (Å²) in [5, 5.41) is 22.5. The highest BCUT2D eigenvalue weighted by atomic mass is 32.2. The Morgan fingerprint density at radius 3 is 2.89 bits per heavy atom. The largest absolute Gasteiger partial charge is 0.396 e. The summed E-state index contributed by atoms with van der Waals surface area (Å²) in [6.45, 7) is 0.821. The molecule has 0 aliphatic heterocycles. The van der Waals surface area contributed by atoms with Crippen LogP contribution in [-0.2, 0) is 0 Å². The number of thioether (sulfide) groups is 1. The van der Waals surface area contributed by atoms with Crippen molar-refractivity contribution in [3.05, 3.63) is 28.3 Å². The number of benzene rings is 1. The molecule has 7 heteroatoms. The maximum Gasteiger partial charge on any atom is 0.314 e. The van der Waals surface area contributed by atoms with Gasteiger partial charge in [0.05, 0.1) is 4.92 Å². The van der Waals surface area contributed by atoms with Crippen molar-refractivity contribution in [3.8, 4) is 0 Å². The summed E-state index contributed by atoms with van der Waals surface area (Å²) in [5.74, 6) is 1.71. The van der Waals surface area contributed by atoms with Gasteiger partial charge in [0.25, 0.3) is 0 Å². The molecule has 0 unspecified atom stereocenters. The number of nitrogens with one attached hydrogen (secondary N) is 1. The standard InChI is InChI=1S/C11H17N3O3S/c12-9-3-1-4-10(11(9)14(16)17)13-5-8-18-7-2-6-15/h1,3-4,13,15H,2,5-8,12H2. The molecular formula is C11H17N3O3S. The van der Waals surface area contributed by atoms with Gasteiger partial charge in [-0.1, -0.05) is 6.07 Å². The van der Waals surface area contributed by atoms with Crippen molar-refractivity contribution in [2.45, 2.75) is 6.42 Å². The van der Waals surface area contributed by atoms with Gasteiger partial charge < -0.3 is 16.2 Å². The van der Waals surface area contributed by atoms with Crippen LogP contribution in [0.25, 0.3) is 0 Å². The Bertz CT molecular complexity index is 401. The predicted molar refractivity (Wildman–Crippen MR) is 75.0 cm³/mol. The number of rotatable bonds is 8. The van der Waals surface area contributed by atoms with E-state index in [4.69, 9.17) is 10.8 Å². The van der Waals surface area contributed by atoms with E-state index in [2.05, 4.69) is 5.32 Å². The van der Waals surface area contributed by atoms with Crippen molar-refractivity contribution >= 4 is 28.8 Å². The highest BCUT2D eigenvalue weighted by Crippen LogP contribution is 2.30. The molecule has 0 bridgehead atoms. The van der Waals surface area contributed by atoms with E-state index in [9.17, 15) is 10.1 Å². The SMILES string of the molecule is Nc1cccc(NCCSCCCO)c1[N+](=O)[O-]. The van der Waals surface area contributed by atoms with Crippen molar-refractivity contribution < 1.29 is 10.0 Å². The smallest absolute Gasteiger partial charge is 0.314 e. The molecule has 0 aliphatic carbocycles. The zero-order valence-electron chi connectivity index (χ0n) is 9.96. The number of hydrogen-bond acceptors (Lipinski definition) is 6. The number of nitro benzene ring substituents is 1. The molecule has 4 N–H and O–H groups in total. The number of nitrogens with zero attached hydrogens (tertiary/aromatic N) is 1. The van der Waals surface area contributed by atoms with Gasteiger partial charge in [0.2, 0.25) is 0 Å². The van der Waals surface area contributed by atoms with Crippen LogP contribution in [0.1, 0.15) is 6.42 Å². The average Bonchev–Trinajstić information content (AvgIpc) is 2.33. The van der Waals surface area contributed by atoms with Crippen molar-refractivity contribution in [1.82, 2.24) is 0 Å². The quantitative estimate of drug-likeness (QED) is 0.288. The molecule has 0 heterocycles. The van der Waals surface area contributed by atoms with Gasteiger partial charge in [0, 0.05) is 18.9 Å². The van der Waals surface area contributed by atoms with Gasteiger partial charge in [-0.05, 0) is 24.3 Å². The van der Waals surface area contributed by atoms with Gasteiger partial charge in [-0.15, -0.1) is 0 Å². The van der Waals surface area contributed by atoms with Crippen LogP contribution in [0.5, 0.6) is 0 Å². The molecule has 0 fully saturated rings. The first kappa shape index (κ1) is 14.6. The summed E-state index contributed by atoms with van der Waals surface area (Å²) < 4.78 is 0. The van der Waals surface area contributed by atoms with E-state index in [1.807, 2.05) is 0 Å². The second-order valence-electron chi connectivity index (χ2n) is 3.62. The maximum atomic E-state index is 10.9. The lowest BCUT2D eigenvalue weighted by Crippen LogP contribution is -2.08. The summed E-state index contributed by atoms with van der Waals surface area (Å²) in [6.07, 6.45) is 0.767. The summed E-state index contributed by atoms with van der Waals surface area (Å²) >= 11 is 1.69. The first-order chi connectivity index (χ1) is 8.66. The van der Waals surface area contributed by atoms with Crippen LogP contribution in [0.2, 0.25) is 0 Å². The fraction of sp³-hybridized carbons (Fsp3) is 0.455. The Balaban J connectivity index is 2.47. The molecule has 0 aromatic heterocycles. The van der Waals surface area contributed by atoms with Gasteiger partial charge in [-0.25, -0.2) is 0 Å². The summed E-state index contributed by atoms with van der Waals surface area (Å²) in [6, 6.07) is 4.84. The molecule has 1 aromatic carbocycles. The van der Waals surface area contributed by atoms with Crippen molar-refractivity contribution in [1.29, 1.82) is 0 Å². The minimum Gasteiger partial charge on any atom is -0.396 e. The zero-order valence-corrected chi connectivity index (χ0v) is 10.8. The number of nitro groups is 1. The highest BCUT2D eigenvalue weighted by molar-refractivity contribution is 7.99. The molecule has 1 rings (SSSR count). The number of hydrogen-bond donors (Lipinski definition) is 3. The van der Waals surface area contributed by atoms with E-state index >= 15 is 0 Å². The second-order valence-corrected chi connectivity index (χ2v) is 4.84. The maximum absolute atomic E-state index is 10.9. The zero-order chi connectivity index (χ0) is 13.4. The normalized spacial score (nSPS) is 10.3. The topological polar surface area (TPSA) is 101 Å². The van der Waals surface area contributed by atoms with E-state index in [0.29, 0.717) is 12.2 Å². The molecule has 1 aromatic rings. The summed E-state index contributed by atoms with van der Waals surface area (Å²) in [5.41, 5.74) is 6.12. The van der Waals surface area contributed by atoms with Crippen molar-refractivity contribution in [2.24, 2.45) is 0 Å². The molecule has 0 aliphatic rings. The molecule has 100 valence electrons. The van der Waals surface area contributed by atoms with Crippen molar-refractivity contribution in [3.63, 3.8) is 0 Å². The molecule has 0 atom stereocenters. The van der Waals surface area contributed by atoms with Crippen LogP contribution in [0.3, 0.4) is 0 Å². The number of aliphatic hydroxyl groups is 1. The van der Waals surface area contributed by atoms with Crippen LogP contribution in [0.15, 0.2) is 18.2 Å². The molecule has 0 saturated heterocycles. The van der Waals surface area contributed by atoms with Crippen LogP contribution >= 0.6 is 11.8 Å². The third-order valence-corrected chi connectivity index (χ3v) is 3.33. The average molecular weight is 271 g/mol. The lowest BCUT2D eigenvalue weighted by atomic mass is 10.2. The molecule has 6 nitrogen and oxygen atoms in total. The molecule has 0 spiro atoms. The van der Waals surface area contributed by atoms with E-state index in [1.54, 1.807) is 23.9 Å². The number of para-hydroxylation sites is 1. The van der Waals surface area contributed by atoms with Crippen molar-refractivity contribution in [2.75, 3.05) is 35.7 Å². The first-order valence-corrected chi connectivity index (χ1v) is 6.77. The monoisotopic (exact) mass is 271 g/mol. The van der Waals surface area contributed by atoms with Crippen LogP contribution < -0.4 is 11.1 Å². The molecule has 0 saturated carbocycles. The third kappa shape index (κ3) is 4.42. The highest BCUT2D eigenvalue weighted by Gasteiger charge is 2.16. The molecule has 0 amide bonds. The Morgan fingerprint density at radius 2 is 2.22 bits per heavy atom. The number of nitrogens with two attached hydrogens (primary N) is 1. The van der Waals surface area contributed by atoms with E-state index < -0.39 is 4.92 Å². The summed E-state index contributed by atoms with van der Waals surface area (Å²) in [7, 11) is 0. The predicted octanol–water partition coefficient (Wildman–Crippen LogP) is 1.70. The van der Waals surface area contributed by atoms with Crippen LogP contribution in [-0.4, -0.2) is 34.7 Å². The Kier molecular flexibility index (Phi) is 6.31. The van der Waals surface area contributed by atoms with E-state index in [-0.39, 0.29) is 18.0 Å². The minimum absolute atomic E-state index is 0.0714. The third-order valence-electron chi connectivity index (χ3n) is 2.26. The fourth-order valence-corrected chi connectivity index (χ4v) is 2.22. The van der Waals surface area contributed by atoms with Gasteiger partial charge in [-0.3, -0.25) is 10.1 Å². The second kappa shape index (κ2) is 7.78. The number of nitrogen functional groups attached to an aromatic ring is 1. The number of aliphatic hydroxyl groups excluding tert-OH is 1. The van der Waals surface area contributed by atoms with Crippen LogP contribution in [0, 0.1) is 10.1 Å². The van der Waals surface area contributed by atoms with Gasteiger partial charge in [0.15, 0.2) is 0 Å². The van der Waals surface area contributed by atoms with Crippen LogP contribution in [0.4, 0.5) is 17.1 Å². The molecule has 0 radical (unpaired) electrons. The van der Waals surface area contributed by atoms with Gasteiger partial charge >= 0.3 is 5.69 Å². The lowest BCUT2D eigenvalue weighted by Gasteiger charge is -2.08. The number of anilines is 2. The summed E-state index contributed by atoms with van der Waals surface area (Å²) in [4.78, 5) is 10.4. The first-order valence-electron chi connectivity index (χ1n) is 5.62.